The van der Waals surface area contributed by atoms with Crippen molar-refractivity contribution in [1.29, 1.82) is 0 Å². The third kappa shape index (κ3) is 5.66. The summed E-state index contributed by atoms with van der Waals surface area (Å²) in [6.45, 7) is 5.75. The molecule has 1 aromatic heterocycles. The van der Waals surface area contributed by atoms with Gasteiger partial charge in [-0.3, -0.25) is 0 Å². The second-order valence-electron chi connectivity index (χ2n) is 6.66. The Kier molecular flexibility index (Phi) is 6.60. The van der Waals surface area contributed by atoms with Crippen molar-refractivity contribution in [3.05, 3.63) is 76.9 Å². The molecular formula is C21H24ClN5. The zero-order valence-corrected chi connectivity index (χ0v) is 16.4. The van der Waals surface area contributed by atoms with Crippen molar-refractivity contribution >= 4 is 23.4 Å². The first-order valence-electron chi connectivity index (χ1n) is 9.10. The SMILES string of the molecule is CC(C)N(Cc1ccccc1)c1nncc(NCCc2cccc(Cl)c2)n1. The van der Waals surface area contributed by atoms with Crippen LogP contribution in [-0.4, -0.2) is 27.8 Å². The molecule has 0 amide bonds. The first-order chi connectivity index (χ1) is 13.1. The Bertz CT molecular complexity index is 854. The highest BCUT2D eigenvalue weighted by atomic mass is 35.5. The predicted molar refractivity (Wildman–Crippen MR) is 111 cm³/mol. The van der Waals surface area contributed by atoms with Crippen LogP contribution in [0.25, 0.3) is 0 Å². The quantitative estimate of drug-likeness (QED) is 0.618. The van der Waals surface area contributed by atoms with Crippen molar-refractivity contribution in [2.45, 2.75) is 32.9 Å². The van der Waals surface area contributed by atoms with Crippen molar-refractivity contribution < 1.29 is 0 Å². The van der Waals surface area contributed by atoms with E-state index in [9.17, 15) is 0 Å². The zero-order valence-electron chi connectivity index (χ0n) is 15.6. The van der Waals surface area contributed by atoms with Gasteiger partial charge < -0.3 is 10.2 Å². The zero-order chi connectivity index (χ0) is 19.1. The molecule has 3 rings (SSSR count). The Morgan fingerprint density at radius 3 is 2.56 bits per heavy atom. The van der Waals surface area contributed by atoms with Crippen molar-refractivity contribution in [2.24, 2.45) is 0 Å². The lowest BCUT2D eigenvalue weighted by Gasteiger charge is -2.26. The average Bonchev–Trinajstić information content (AvgIpc) is 2.67. The molecule has 3 aromatic rings. The predicted octanol–water partition coefficient (Wildman–Crippen LogP) is 4.59. The molecule has 1 N–H and O–H groups in total. The molecule has 6 heteroatoms. The van der Waals surface area contributed by atoms with Crippen LogP contribution in [-0.2, 0) is 13.0 Å². The van der Waals surface area contributed by atoms with Gasteiger partial charge >= 0.3 is 0 Å². The monoisotopic (exact) mass is 381 g/mol. The lowest BCUT2D eigenvalue weighted by atomic mass is 10.1. The molecule has 0 radical (unpaired) electrons. The van der Waals surface area contributed by atoms with Crippen LogP contribution in [0.2, 0.25) is 5.02 Å². The fourth-order valence-electron chi connectivity index (χ4n) is 2.79. The minimum atomic E-state index is 0.258. The molecule has 0 saturated carbocycles. The smallest absolute Gasteiger partial charge is 0.247 e. The van der Waals surface area contributed by atoms with E-state index in [0.717, 1.165) is 30.4 Å². The topological polar surface area (TPSA) is 53.9 Å². The van der Waals surface area contributed by atoms with E-state index in [1.54, 1.807) is 6.20 Å². The van der Waals surface area contributed by atoms with E-state index in [-0.39, 0.29) is 6.04 Å². The molecule has 0 saturated heterocycles. The molecule has 0 aliphatic rings. The maximum absolute atomic E-state index is 6.04. The van der Waals surface area contributed by atoms with Gasteiger partial charge in [0.1, 0.15) is 0 Å². The van der Waals surface area contributed by atoms with Crippen LogP contribution in [0, 0.1) is 0 Å². The third-order valence-electron chi connectivity index (χ3n) is 4.23. The second kappa shape index (κ2) is 9.33. The Balaban J connectivity index is 1.65. The lowest BCUT2D eigenvalue weighted by Crippen LogP contribution is -2.32. The summed E-state index contributed by atoms with van der Waals surface area (Å²) >= 11 is 6.04. The number of anilines is 2. The minimum Gasteiger partial charge on any atom is -0.368 e. The highest BCUT2D eigenvalue weighted by Crippen LogP contribution is 2.17. The van der Waals surface area contributed by atoms with Crippen LogP contribution in [0.3, 0.4) is 0 Å². The van der Waals surface area contributed by atoms with E-state index in [1.165, 1.54) is 11.1 Å². The van der Waals surface area contributed by atoms with E-state index < -0.39 is 0 Å². The van der Waals surface area contributed by atoms with Gasteiger partial charge in [0.15, 0.2) is 5.82 Å². The summed E-state index contributed by atoms with van der Waals surface area (Å²) in [6, 6.07) is 18.5. The molecule has 0 spiro atoms. The Hall–Kier alpha value is -2.66. The number of nitrogens with zero attached hydrogens (tertiary/aromatic N) is 4. The molecule has 1 heterocycles. The van der Waals surface area contributed by atoms with Gasteiger partial charge in [-0.1, -0.05) is 54.1 Å². The summed E-state index contributed by atoms with van der Waals surface area (Å²) in [5, 5.41) is 12.5. The fraction of sp³-hybridized carbons (Fsp3) is 0.286. The van der Waals surface area contributed by atoms with Gasteiger partial charge in [-0.2, -0.15) is 10.1 Å². The lowest BCUT2D eigenvalue weighted by molar-refractivity contribution is 0.652. The minimum absolute atomic E-state index is 0.258. The van der Waals surface area contributed by atoms with E-state index in [2.05, 4.69) is 57.4 Å². The summed E-state index contributed by atoms with van der Waals surface area (Å²) in [5.74, 6) is 1.35. The Morgan fingerprint density at radius 2 is 1.81 bits per heavy atom. The molecule has 0 fully saturated rings. The van der Waals surface area contributed by atoms with Gasteiger partial charge in [-0.25, -0.2) is 0 Å². The van der Waals surface area contributed by atoms with E-state index >= 15 is 0 Å². The molecular weight excluding hydrogens is 358 g/mol. The molecule has 5 nitrogen and oxygen atoms in total. The number of nitrogens with one attached hydrogen (secondary N) is 1. The van der Waals surface area contributed by atoms with E-state index in [1.807, 2.05) is 36.4 Å². The van der Waals surface area contributed by atoms with Crippen molar-refractivity contribution in [1.82, 2.24) is 15.2 Å². The van der Waals surface area contributed by atoms with Crippen LogP contribution < -0.4 is 10.2 Å². The van der Waals surface area contributed by atoms with Gasteiger partial charge in [0.05, 0.1) is 6.20 Å². The van der Waals surface area contributed by atoms with Crippen molar-refractivity contribution in [3.8, 4) is 0 Å². The average molecular weight is 382 g/mol. The Labute approximate surface area is 165 Å². The summed E-state index contributed by atoms with van der Waals surface area (Å²) < 4.78 is 0. The van der Waals surface area contributed by atoms with Gasteiger partial charge in [0, 0.05) is 24.2 Å². The number of halogens is 1. The molecule has 27 heavy (non-hydrogen) atoms. The Morgan fingerprint density at radius 1 is 1.04 bits per heavy atom. The van der Waals surface area contributed by atoms with Crippen LogP contribution in [0.15, 0.2) is 60.8 Å². The normalized spacial score (nSPS) is 10.8. The van der Waals surface area contributed by atoms with E-state index in [0.29, 0.717) is 5.95 Å². The van der Waals surface area contributed by atoms with Crippen LogP contribution in [0.5, 0.6) is 0 Å². The fourth-order valence-corrected chi connectivity index (χ4v) is 3.01. The number of hydrogen-bond acceptors (Lipinski definition) is 5. The molecule has 2 aromatic carbocycles. The summed E-state index contributed by atoms with van der Waals surface area (Å²) in [6.07, 6.45) is 2.51. The summed E-state index contributed by atoms with van der Waals surface area (Å²) in [5.41, 5.74) is 2.40. The summed E-state index contributed by atoms with van der Waals surface area (Å²) in [7, 11) is 0. The van der Waals surface area contributed by atoms with Gasteiger partial charge in [-0.15, -0.1) is 5.10 Å². The first-order valence-corrected chi connectivity index (χ1v) is 9.48. The van der Waals surface area contributed by atoms with Gasteiger partial charge in [0.2, 0.25) is 5.95 Å². The number of rotatable bonds is 8. The summed E-state index contributed by atoms with van der Waals surface area (Å²) in [4.78, 5) is 6.80. The largest absolute Gasteiger partial charge is 0.368 e. The van der Waals surface area contributed by atoms with Gasteiger partial charge in [0.25, 0.3) is 0 Å². The number of aromatic nitrogens is 3. The standard InChI is InChI=1S/C21H24ClN5/c1-16(2)27(15-18-7-4-3-5-8-18)21-25-20(14-24-26-21)23-12-11-17-9-6-10-19(22)13-17/h3-10,13-14,16H,11-12,15H2,1-2H3,(H,23,25,26). The molecule has 0 atom stereocenters. The maximum atomic E-state index is 6.04. The number of benzene rings is 2. The highest BCUT2D eigenvalue weighted by Gasteiger charge is 2.15. The third-order valence-corrected chi connectivity index (χ3v) is 4.47. The molecule has 140 valence electrons. The number of hydrogen-bond donors (Lipinski definition) is 1. The van der Waals surface area contributed by atoms with Crippen LogP contribution in [0.1, 0.15) is 25.0 Å². The first kappa shape index (κ1) is 19.1. The molecule has 0 aliphatic heterocycles. The van der Waals surface area contributed by atoms with E-state index in [4.69, 9.17) is 11.6 Å². The van der Waals surface area contributed by atoms with Crippen molar-refractivity contribution in [2.75, 3.05) is 16.8 Å². The van der Waals surface area contributed by atoms with Crippen molar-refractivity contribution in [3.63, 3.8) is 0 Å². The van der Waals surface area contributed by atoms with Gasteiger partial charge in [-0.05, 0) is 43.5 Å². The molecule has 0 bridgehead atoms. The second-order valence-corrected chi connectivity index (χ2v) is 7.09. The highest BCUT2D eigenvalue weighted by molar-refractivity contribution is 6.30. The van der Waals surface area contributed by atoms with Crippen LogP contribution >= 0.6 is 11.6 Å². The molecule has 0 unspecified atom stereocenters. The maximum Gasteiger partial charge on any atom is 0.247 e. The van der Waals surface area contributed by atoms with Crippen LogP contribution in [0.4, 0.5) is 11.8 Å². The molecule has 0 aliphatic carbocycles.